The summed E-state index contributed by atoms with van der Waals surface area (Å²) in [5, 5.41) is 18.2. The summed E-state index contributed by atoms with van der Waals surface area (Å²) < 4.78 is 18.7. The first-order valence-corrected chi connectivity index (χ1v) is 5.95. The molecular weight excluding hydrogens is 277 g/mol. The SMILES string of the molecule is Cc1cc(Oc2ccc(F)cc2C(=N)N)ccc1[N+](=O)[O-]. The molecule has 0 aromatic heterocycles. The minimum atomic E-state index is -0.535. The van der Waals surface area contributed by atoms with Gasteiger partial charge in [-0.25, -0.2) is 4.39 Å². The highest BCUT2D eigenvalue weighted by molar-refractivity contribution is 5.97. The van der Waals surface area contributed by atoms with Crippen LogP contribution in [0.15, 0.2) is 36.4 Å². The molecular formula is C14H12FN3O3. The second kappa shape index (κ2) is 5.58. The molecule has 6 nitrogen and oxygen atoms in total. The zero-order valence-corrected chi connectivity index (χ0v) is 11.1. The Balaban J connectivity index is 2.37. The van der Waals surface area contributed by atoms with Gasteiger partial charge in [-0.1, -0.05) is 0 Å². The molecule has 2 aromatic carbocycles. The van der Waals surface area contributed by atoms with Crippen LogP contribution in [0.2, 0.25) is 0 Å². The maximum Gasteiger partial charge on any atom is 0.272 e. The molecule has 0 bridgehead atoms. The lowest BCUT2D eigenvalue weighted by molar-refractivity contribution is -0.385. The first-order valence-electron chi connectivity index (χ1n) is 5.95. The van der Waals surface area contributed by atoms with E-state index in [2.05, 4.69) is 0 Å². The molecule has 7 heteroatoms. The van der Waals surface area contributed by atoms with Gasteiger partial charge in [0.2, 0.25) is 0 Å². The number of benzene rings is 2. The Morgan fingerprint density at radius 2 is 2.05 bits per heavy atom. The molecule has 2 rings (SSSR count). The lowest BCUT2D eigenvalue weighted by atomic mass is 10.1. The second-order valence-electron chi connectivity index (χ2n) is 4.36. The molecule has 0 saturated carbocycles. The average Bonchev–Trinajstić information content (AvgIpc) is 2.40. The van der Waals surface area contributed by atoms with Crippen molar-refractivity contribution in [1.82, 2.24) is 0 Å². The van der Waals surface area contributed by atoms with Gasteiger partial charge in [-0.15, -0.1) is 0 Å². The number of rotatable bonds is 4. The maximum atomic E-state index is 13.2. The van der Waals surface area contributed by atoms with Crippen molar-refractivity contribution in [2.75, 3.05) is 0 Å². The van der Waals surface area contributed by atoms with Gasteiger partial charge in [0, 0.05) is 11.6 Å². The number of hydrogen-bond acceptors (Lipinski definition) is 4. The summed E-state index contributed by atoms with van der Waals surface area (Å²) in [7, 11) is 0. The van der Waals surface area contributed by atoms with E-state index in [-0.39, 0.29) is 22.8 Å². The number of nitrogens with zero attached hydrogens (tertiary/aromatic N) is 1. The monoisotopic (exact) mass is 289 g/mol. The number of amidine groups is 1. The van der Waals surface area contributed by atoms with E-state index in [9.17, 15) is 14.5 Å². The zero-order chi connectivity index (χ0) is 15.6. The van der Waals surface area contributed by atoms with Crippen LogP contribution in [0.5, 0.6) is 11.5 Å². The van der Waals surface area contributed by atoms with E-state index in [0.29, 0.717) is 11.3 Å². The summed E-state index contributed by atoms with van der Waals surface area (Å²) in [5.74, 6) is -0.320. The third kappa shape index (κ3) is 3.14. The van der Waals surface area contributed by atoms with Gasteiger partial charge in [0.15, 0.2) is 0 Å². The Kier molecular flexibility index (Phi) is 3.84. The third-order valence-corrected chi connectivity index (χ3v) is 2.82. The topological polar surface area (TPSA) is 102 Å². The second-order valence-corrected chi connectivity index (χ2v) is 4.36. The van der Waals surface area contributed by atoms with Gasteiger partial charge in [-0.05, 0) is 37.3 Å². The number of halogens is 1. The van der Waals surface area contributed by atoms with Crippen LogP contribution in [0.1, 0.15) is 11.1 Å². The van der Waals surface area contributed by atoms with Crippen molar-refractivity contribution < 1.29 is 14.1 Å². The summed E-state index contributed by atoms with van der Waals surface area (Å²) in [5.41, 5.74) is 5.91. The number of hydrogen-bond donors (Lipinski definition) is 2. The summed E-state index contributed by atoms with van der Waals surface area (Å²) >= 11 is 0. The van der Waals surface area contributed by atoms with Crippen LogP contribution < -0.4 is 10.5 Å². The smallest absolute Gasteiger partial charge is 0.272 e. The van der Waals surface area contributed by atoms with Crippen LogP contribution in [0, 0.1) is 28.3 Å². The molecule has 0 heterocycles. The van der Waals surface area contributed by atoms with E-state index < -0.39 is 10.7 Å². The van der Waals surface area contributed by atoms with Crippen LogP contribution in [0.3, 0.4) is 0 Å². The van der Waals surface area contributed by atoms with Crippen LogP contribution in [0.4, 0.5) is 10.1 Å². The van der Waals surface area contributed by atoms with Crippen molar-refractivity contribution in [2.24, 2.45) is 5.73 Å². The first kappa shape index (κ1) is 14.4. The van der Waals surface area contributed by atoms with Gasteiger partial charge in [-0.3, -0.25) is 15.5 Å². The first-order chi connectivity index (χ1) is 9.88. The van der Waals surface area contributed by atoms with Crippen molar-refractivity contribution in [1.29, 1.82) is 5.41 Å². The van der Waals surface area contributed by atoms with E-state index in [4.69, 9.17) is 15.9 Å². The van der Waals surface area contributed by atoms with Gasteiger partial charge < -0.3 is 10.5 Å². The maximum absolute atomic E-state index is 13.2. The van der Waals surface area contributed by atoms with Gasteiger partial charge >= 0.3 is 0 Å². The molecule has 108 valence electrons. The normalized spacial score (nSPS) is 10.2. The molecule has 21 heavy (non-hydrogen) atoms. The van der Waals surface area contributed by atoms with Gasteiger partial charge in [0.1, 0.15) is 23.2 Å². The number of nitrogens with two attached hydrogens (primary N) is 1. The van der Waals surface area contributed by atoms with E-state index in [1.54, 1.807) is 6.92 Å². The number of aryl methyl sites for hydroxylation is 1. The molecule has 0 amide bonds. The van der Waals surface area contributed by atoms with Crippen molar-refractivity contribution in [3.8, 4) is 11.5 Å². The van der Waals surface area contributed by atoms with Gasteiger partial charge in [0.25, 0.3) is 5.69 Å². The molecule has 0 aliphatic heterocycles. The molecule has 0 aliphatic carbocycles. The third-order valence-electron chi connectivity index (χ3n) is 2.82. The van der Waals surface area contributed by atoms with Crippen molar-refractivity contribution in [2.45, 2.75) is 6.92 Å². The fraction of sp³-hybridized carbons (Fsp3) is 0.0714. The molecule has 0 radical (unpaired) electrons. The summed E-state index contributed by atoms with van der Waals surface area (Å²) in [6.45, 7) is 1.58. The number of nitrogens with one attached hydrogen (secondary N) is 1. The van der Waals surface area contributed by atoms with Crippen molar-refractivity contribution in [3.05, 3.63) is 63.5 Å². The standard InChI is InChI=1S/C14H12FN3O3/c1-8-6-10(3-4-12(8)18(19)20)21-13-5-2-9(15)7-11(13)14(16)17/h2-7H,1H3,(H3,16,17). The summed E-state index contributed by atoms with van der Waals surface area (Å²) in [6.07, 6.45) is 0. The Bertz CT molecular complexity index is 731. The number of nitrogen functional groups attached to an aromatic ring is 1. The number of ether oxygens (including phenoxy) is 1. The highest BCUT2D eigenvalue weighted by Crippen LogP contribution is 2.29. The molecule has 0 spiro atoms. The molecule has 0 fully saturated rings. The fourth-order valence-electron chi connectivity index (χ4n) is 1.82. The Morgan fingerprint density at radius 3 is 2.62 bits per heavy atom. The quantitative estimate of drug-likeness (QED) is 0.390. The molecule has 2 aromatic rings. The average molecular weight is 289 g/mol. The van der Waals surface area contributed by atoms with E-state index in [1.807, 2.05) is 0 Å². The molecule has 3 N–H and O–H groups in total. The van der Waals surface area contributed by atoms with Crippen molar-refractivity contribution in [3.63, 3.8) is 0 Å². The van der Waals surface area contributed by atoms with E-state index >= 15 is 0 Å². The minimum Gasteiger partial charge on any atom is -0.457 e. The fourth-order valence-corrected chi connectivity index (χ4v) is 1.82. The molecule has 0 atom stereocenters. The molecule has 0 saturated heterocycles. The number of nitro groups is 1. The Labute approximate surface area is 119 Å². The predicted octanol–water partition coefficient (Wildman–Crippen LogP) is 3.12. The van der Waals surface area contributed by atoms with Crippen LogP contribution in [-0.2, 0) is 0 Å². The lowest BCUT2D eigenvalue weighted by Gasteiger charge is -2.11. The Hall–Kier alpha value is -2.96. The predicted molar refractivity (Wildman–Crippen MR) is 75.3 cm³/mol. The highest BCUT2D eigenvalue weighted by Gasteiger charge is 2.13. The molecule has 0 aliphatic rings. The number of nitro benzene ring substituents is 1. The Morgan fingerprint density at radius 1 is 1.33 bits per heavy atom. The summed E-state index contributed by atoms with van der Waals surface area (Å²) in [6, 6.07) is 7.87. The summed E-state index contributed by atoms with van der Waals surface area (Å²) in [4.78, 5) is 10.3. The zero-order valence-electron chi connectivity index (χ0n) is 11.1. The highest BCUT2D eigenvalue weighted by atomic mass is 19.1. The lowest BCUT2D eigenvalue weighted by Crippen LogP contribution is -2.12. The minimum absolute atomic E-state index is 0.0201. The van der Waals surface area contributed by atoms with E-state index in [0.717, 1.165) is 6.07 Å². The van der Waals surface area contributed by atoms with Gasteiger partial charge in [-0.2, -0.15) is 0 Å². The van der Waals surface area contributed by atoms with Crippen LogP contribution >= 0.6 is 0 Å². The van der Waals surface area contributed by atoms with Crippen molar-refractivity contribution >= 4 is 11.5 Å². The van der Waals surface area contributed by atoms with E-state index in [1.165, 1.54) is 30.3 Å². The molecule has 0 unspecified atom stereocenters. The van der Waals surface area contributed by atoms with Crippen LogP contribution in [0.25, 0.3) is 0 Å². The largest absolute Gasteiger partial charge is 0.457 e. The van der Waals surface area contributed by atoms with Gasteiger partial charge in [0.05, 0.1) is 10.5 Å². The van der Waals surface area contributed by atoms with Crippen LogP contribution in [-0.4, -0.2) is 10.8 Å².